The SMILES string of the molecule is O=C(O)COC1CN(C(=O)[C@H](CC(=O)OCc2ccccc2)NC(=O)OCC2c3ccccc3-c3ccccc32)C1. The highest BCUT2D eigenvalue weighted by Crippen LogP contribution is 2.44. The lowest BCUT2D eigenvalue weighted by molar-refractivity contribution is -0.158. The second-order valence-corrected chi connectivity index (χ2v) is 9.94. The van der Waals surface area contributed by atoms with Gasteiger partial charge in [0.2, 0.25) is 5.91 Å². The number of carbonyl (C=O) groups is 4. The molecular formula is C31H30N2O8. The number of fused-ring (bicyclic) bond motifs is 3. The molecule has 0 bridgehead atoms. The molecule has 0 saturated carbocycles. The largest absolute Gasteiger partial charge is 0.480 e. The Hall–Kier alpha value is -4.70. The molecule has 212 valence electrons. The van der Waals surface area contributed by atoms with Crippen molar-refractivity contribution in [1.82, 2.24) is 10.2 Å². The fourth-order valence-electron chi connectivity index (χ4n) is 5.08. The van der Waals surface area contributed by atoms with Crippen molar-refractivity contribution >= 4 is 23.9 Å². The molecule has 3 aromatic carbocycles. The summed E-state index contributed by atoms with van der Waals surface area (Å²) in [6.07, 6.45) is -1.66. The highest BCUT2D eigenvalue weighted by Gasteiger charge is 2.38. The normalized spacial score (nSPS) is 14.8. The fraction of sp³-hybridized carbons (Fsp3) is 0.290. The molecule has 1 atom stereocenters. The molecule has 1 aliphatic heterocycles. The van der Waals surface area contributed by atoms with Gasteiger partial charge >= 0.3 is 18.0 Å². The maximum absolute atomic E-state index is 13.2. The topological polar surface area (TPSA) is 131 Å². The van der Waals surface area contributed by atoms with E-state index in [1.807, 2.05) is 78.9 Å². The fourth-order valence-corrected chi connectivity index (χ4v) is 5.08. The second-order valence-electron chi connectivity index (χ2n) is 9.94. The van der Waals surface area contributed by atoms with Gasteiger partial charge in [0, 0.05) is 19.0 Å². The van der Waals surface area contributed by atoms with Crippen LogP contribution in [0.25, 0.3) is 11.1 Å². The van der Waals surface area contributed by atoms with Crippen LogP contribution in [0, 0.1) is 0 Å². The number of nitrogens with zero attached hydrogens (tertiary/aromatic N) is 1. The number of amides is 2. The molecule has 0 unspecified atom stereocenters. The van der Waals surface area contributed by atoms with Crippen LogP contribution < -0.4 is 5.32 Å². The van der Waals surface area contributed by atoms with Gasteiger partial charge in [-0.25, -0.2) is 9.59 Å². The first-order valence-corrected chi connectivity index (χ1v) is 13.3. The number of aliphatic carboxylic acids is 1. The van der Waals surface area contributed by atoms with Crippen molar-refractivity contribution < 1.29 is 38.5 Å². The lowest BCUT2D eigenvalue weighted by Crippen LogP contribution is -2.60. The first-order valence-electron chi connectivity index (χ1n) is 13.3. The number of ether oxygens (including phenoxy) is 3. The first kappa shape index (κ1) is 27.9. The predicted octanol–water partition coefficient (Wildman–Crippen LogP) is 3.34. The minimum absolute atomic E-state index is 0.0281. The van der Waals surface area contributed by atoms with Gasteiger partial charge in [-0.15, -0.1) is 0 Å². The Morgan fingerprint density at radius 3 is 2.10 bits per heavy atom. The molecule has 1 aliphatic carbocycles. The third kappa shape index (κ3) is 6.72. The Morgan fingerprint density at radius 2 is 1.46 bits per heavy atom. The smallest absolute Gasteiger partial charge is 0.407 e. The monoisotopic (exact) mass is 558 g/mol. The van der Waals surface area contributed by atoms with Gasteiger partial charge in [0.1, 0.15) is 25.9 Å². The molecule has 1 saturated heterocycles. The van der Waals surface area contributed by atoms with Crippen LogP contribution in [0.4, 0.5) is 4.79 Å². The zero-order valence-electron chi connectivity index (χ0n) is 22.2. The molecular weight excluding hydrogens is 528 g/mol. The minimum Gasteiger partial charge on any atom is -0.480 e. The molecule has 2 aliphatic rings. The maximum Gasteiger partial charge on any atom is 0.407 e. The number of nitrogens with one attached hydrogen (secondary N) is 1. The van der Waals surface area contributed by atoms with E-state index < -0.39 is 49.1 Å². The van der Waals surface area contributed by atoms with Crippen LogP contribution >= 0.6 is 0 Å². The standard InChI is InChI=1S/C31H30N2O8/c34-28(35)19-39-21-15-33(16-21)30(37)27(14-29(36)40-17-20-8-2-1-3-9-20)32-31(38)41-18-26-24-12-6-4-10-22(24)23-11-5-7-13-25(23)26/h1-13,21,26-27H,14-19H2,(H,32,38)(H,34,35)/t27-/m0/s1. The van der Waals surface area contributed by atoms with Crippen LogP contribution in [0.1, 0.15) is 29.0 Å². The molecule has 41 heavy (non-hydrogen) atoms. The van der Waals surface area contributed by atoms with Crippen LogP contribution in [0.5, 0.6) is 0 Å². The van der Waals surface area contributed by atoms with E-state index in [2.05, 4.69) is 5.32 Å². The number of benzene rings is 3. The summed E-state index contributed by atoms with van der Waals surface area (Å²) in [4.78, 5) is 50.9. The van der Waals surface area contributed by atoms with Gasteiger partial charge in [-0.3, -0.25) is 9.59 Å². The summed E-state index contributed by atoms with van der Waals surface area (Å²) in [5, 5.41) is 11.3. The van der Waals surface area contributed by atoms with Crippen LogP contribution in [-0.2, 0) is 35.2 Å². The van der Waals surface area contributed by atoms with Crippen molar-refractivity contribution in [2.24, 2.45) is 0 Å². The Balaban J connectivity index is 1.21. The zero-order valence-corrected chi connectivity index (χ0v) is 22.2. The molecule has 10 heteroatoms. The Labute approximate surface area is 236 Å². The van der Waals surface area contributed by atoms with E-state index >= 15 is 0 Å². The molecule has 0 spiro atoms. The summed E-state index contributed by atoms with van der Waals surface area (Å²) < 4.78 is 16.1. The minimum atomic E-state index is -1.23. The third-order valence-corrected chi connectivity index (χ3v) is 7.15. The van der Waals surface area contributed by atoms with E-state index in [1.54, 1.807) is 0 Å². The van der Waals surface area contributed by atoms with E-state index in [-0.39, 0.29) is 32.2 Å². The molecule has 1 fully saturated rings. The summed E-state index contributed by atoms with van der Waals surface area (Å²) in [7, 11) is 0. The van der Waals surface area contributed by atoms with E-state index in [1.165, 1.54) is 4.90 Å². The number of hydrogen-bond acceptors (Lipinski definition) is 7. The molecule has 1 heterocycles. The van der Waals surface area contributed by atoms with Crippen LogP contribution in [-0.4, -0.2) is 72.4 Å². The third-order valence-electron chi connectivity index (χ3n) is 7.15. The van der Waals surface area contributed by atoms with Crippen molar-refractivity contribution in [3.05, 3.63) is 95.6 Å². The number of carboxylic acid groups (broad SMARTS) is 1. The van der Waals surface area contributed by atoms with Gasteiger partial charge in [-0.2, -0.15) is 0 Å². The number of likely N-dealkylation sites (tertiary alicyclic amines) is 1. The average Bonchev–Trinajstić information content (AvgIpc) is 3.27. The Bertz CT molecular complexity index is 1370. The summed E-state index contributed by atoms with van der Waals surface area (Å²) in [5.41, 5.74) is 5.06. The highest BCUT2D eigenvalue weighted by molar-refractivity contribution is 5.90. The number of carbonyl (C=O) groups excluding carboxylic acids is 3. The molecule has 2 N–H and O–H groups in total. The van der Waals surface area contributed by atoms with Gasteiger partial charge in [0.05, 0.1) is 12.5 Å². The summed E-state index contributed by atoms with van der Waals surface area (Å²) in [6.45, 7) is -0.101. The van der Waals surface area contributed by atoms with Crippen molar-refractivity contribution in [2.75, 3.05) is 26.3 Å². The summed E-state index contributed by atoms with van der Waals surface area (Å²) in [6, 6.07) is 23.8. The van der Waals surface area contributed by atoms with Gasteiger partial charge < -0.3 is 29.5 Å². The summed E-state index contributed by atoms with van der Waals surface area (Å²) in [5.74, 6) is -2.44. The highest BCUT2D eigenvalue weighted by atomic mass is 16.6. The molecule has 5 rings (SSSR count). The number of esters is 1. The molecule has 3 aromatic rings. The maximum atomic E-state index is 13.2. The van der Waals surface area contributed by atoms with Gasteiger partial charge in [0.15, 0.2) is 0 Å². The number of alkyl carbamates (subject to hydrolysis) is 1. The van der Waals surface area contributed by atoms with Crippen LogP contribution in [0.15, 0.2) is 78.9 Å². The van der Waals surface area contributed by atoms with Gasteiger partial charge in [-0.1, -0.05) is 78.9 Å². The van der Waals surface area contributed by atoms with Gasteiger partial charge in [0.25, 0.3) is 0 Å². The van der Waals surface area contributed by atoms with Crippen molar-refractivity contribution in [3.8, 4) is 11.1 Å². The van der Waals surface area contributed by atoms with E-state index in [0.29, 0.717) is 0 Å². The summed E-state index contributed by atoms with van der Waals surface area (Å²) >= 11 is 0. The predicted molar refractivity (Wildman–Crippen MR) is 147 cm³/mol. The van der Waals surface area contributed by atoms with Crippen molar-refractivity contribution in [2.45, 2.75) is 31.1 Å². The molecule has 2 amide bonds. The lowest BCUT2D eigenvalue weighted by Gasteiger charge is -2.40. The molecule has 10 nitrogen and oxygen atoms in total. The van der Waals surface area contributed by atoms with E-state index in [4.69, 9.17) is 19.3 Å². The zero-order chi connectivity index (χ0) is 28.8. The van der Waals surface area contributed by atoms with Crippen LogP contribution in [0.3, 0.4) is 0 Å². The quantitative estimate of drug-likeness (QED) is 0.343. The average molecular weight is 559 g/mol. The molecule has 0 radical (unpaired) electrons. The van der Waals surface area contributed by atoms with Crippen molar-refractivity contribution in [1.29, 1.82) is 0 Å². The van der Waals surface area contributed by atoms with Gasteiger partial charge in [-0.05, 0) is 27.8 Å². The Kier molecular flexibility index (Phi) is 8.59. The lowest BCUT2D eigenvalue weighted by atomic mass is 9.98. The second kappa shape index (κ2) is 12.6. The van der Waals surface area contributed by atoms with E-state index in [9.17, 15) is 19.2 Å². The van der Waals surface area contributed by atoms with Crippen molar-refractivity contribution in [3.63, 3.8) is 0 Å². The number of rotatable bonds is 11. The number of carboxylic acids is 1. The first-order chi connectivity index (χ1) is 19.9. The van der Waals surface area contributed by atoms with Crippen LogP contribution in [0.2, 0.25) is 0 Å². The van der Waals surface area contributed by atoms with E-state index in [0.717, 1.165) is 27.8 Å². The molecule has 0 aromatic heterocycles. The Morgan fingerprint density at radius 1 is 0.854 bits per heavy atom. The number of hydrogen-bond donors (Lipinski definition) is 2.